The monoisotopic (exact) mass is 222 g/mol. The Morgan fingerprint density at radius 2 is 2.25 bits per heavy atom. The zero-order valence-electron chi connectivity index (χ0n) is 8.77. The highest BCUT2D eigenvalue weighted by molar-refractivity contribution is 5.87. The summed E-state index contributed by atoms with van der Waals surface area (Å²) in [5.74, 6) is -1.05. The second-order valence-corrected chi connectivity index (χ2v) is 2.98. The zero-order chi connectivity index (χ0) is 12.0. The average molecular weight is 222 g/mol. The maximum Gasteiger partial charge on any atom is 0.330 e. The molecule has 0 aliphatic heterocycles. The minimum atomic E-state index is -0.580. The molecule has 0 N–H and O–H groups in total. The standard InChI is InChI=1S/C12H11FO3/c1-2-16-12(15)6-4-9-3-5-11(13)10(7-9)8-14/h3-8H,2H2,1H3. The summed E-state index contributed by atoms with van der Waals surface area (Å²) in [6.45, 7) is 2.00. The van der Waals surface area contributed by atoms with Crippen LogP contribution in [0.1, 0.15) is 22.8 Å². The largest absolute Gasteiger partial charge is 0.463 e. The number of hydrogen-bond acceptors (Lipinski definition) is 3. The Hall–Kier alpha value is -1.97. The van der Waals surface area contributed by atoms with Crippen molar-refractivity contribution in [2.45, 2.75) is 6.92 Å². The highest BCUT2D eigenvalue weighted by Gasteiger charge is 2.01. The lowest BCUT2D eigenvalue weighted by Gasteiger charge is -1.97. The first-order valence-corrected chi connectivity index (χ1v) is 4.77. The number of benzene rings is 1. The summed E-state index contributed by atoms with van der Waals surface area (Å²) in [6, 6.07) is 4.00. The van der Waals surface area contributed by atoms with Gasteiger partial charge in [-0.2, -0.15) is 0 Å². The lowest BCUT2D eigenvalue weighted by molar-refractivity contribution is -0.137. The molecule has 3 nitrogen and oxygen atoms in total. The number of carbonyl (C=O) groups excluding carboxylic acids is 2. The summed E-state index contributed by atoms with van der Waals surface area (Å²) < 4.78 is 17.6. The number of aldehydes is 1. The molecule has 0 saturated carbocycles. The van der Waals surface area contributed by atoms with E-state index >= 15 is 0 Å². The molecule has 0 fully saturated rings. The number of ether oxygens (including phenoxy) is 1. The Labute approximate surface area is 92.5 Å². The molecule has 16 heavy (non-hydrogen) atoms. The van der Waals surface area contributed by atoms with Crippen LogP contribution < -0.4 is 0 Å². The Morgan fingerprint density at radius 1 is 1.50 bits per heavy atom. The van der Waals surface area contributed by atoms with Crippen LogP contribution in [0.15, 0.2) is 24.3 Å². The maximum absolute atomic E-state index is 12.9. The van der Waals surface area contributed by atoms with Crippen molar-refractivity contribution >= 4 is 18.3 Å². The molecule has 0 amide bonds. The van der Waals surface area contributed by atoms with E-state index < -0.39 is 11.8 Å². The van der Waals surface area contributed by atoms with E-state index in [2.05, 4.69) is 4.74 Å². The minimum absolute atomic E-state index is 0.0361. The molecular weight excluding hydrogens is 211 g/mol. The Balaban J connectivity index is 2.82. The third-order valence-electron chi connectivity index (χ3n) is 1.85. The Kier molecular flexibility index (Phi) is 4.39. The molecule has 0 spiro atoms. The first-order valence-electron chi connectivity index (χ1n) is 4.77. The first-order chi connectivity index (χ1) is 7.67. The summed E-state index contributed by atoms with van der Waals surface area (Å²) in [4.78, 5) is 21.4. The predicted molar refractivity (Wildman–Crippen MR) is 57.5 cm³/mol. The molecule has 0 aliphatic rings. The number of hydrogen-bond donors (Lipinski definition) is 0. The number of esters is 1. The quantitative estimate of drug-likeness (QED) is 0.445. The van der Waals surface area contributed by atoms with Gasteiger partial charge < -0.3 is 4.74 Å². The van der Waals surface area contributed by atoms with Gasteiger partial charge in [0, 0.05) is 6.08 Å². The highest BCUT2D eigenvalue weighted by Crippen LogP contribution is 2.10. The zero-order valence-corrected chi connectivity index (χ0v) is 8.77. The van der Waals surface area contributed by atoms with Crippen molar-refractivity contribution in [2.24, 2.45) is 0 Å². The molecule has 0 radical (unpaired) electrons. The van der Waals surface area contributed by atoms with Gasteiger partial charge in [0.05, 0.1) is 12.2 Å². The van der Waals surface area contributed by atoms with Crippen molar-refractivity contribution in [1.82, 2.24) is 0 Å². The van der Waals surface area contributed by atoms with Crippen LogP contribution in [0.3, 0.4) is 0 Å². The highest BCUT2D eigenvalue weighted by atomic mass is 19.1. The molecule has 0 aromatic heterocycles. The third-order valence-corrected chi connectivity index (χ3v) is 1.85. The van der Waals surface area contributed by atoms with E-state index in [1.165, 1.54) is 30.4 Å². The van der Waals surface area contributed by atoms with Crippen molar-refractivity contribution in [2.75, 3.05) is 6.61 Å². The predicted octanol–water partition coefficient (Wildman–Crippen LogP) is 2.21. The summed E-state index contributed by atoms with van der Waals surface area (Å²) in [7, 11) is 0. The van der Waals surface area contributed by atoms with Gasteiger partial charge >= 0.3 is 5.97 Å². The maximum atomic E-state index is 12.9. The first kappa shape index (κ1) is 12.1. The molecule has 1 aromatic carbocycles. The molecule has 1 rings (SSSR count). The molecular formula is C12H11FO3. The smallest absolute Gasteiger partial charge is 0.330 e. The van der Waals surface area contributed by atoms with Crippen LogP contribution in [-0.2, 0) is 9.53 Å². The second-order valence-electron chi connectivity index (χ2n) is 2.98. The van der Waals surface area contributed by atoms with Crippen molar-refractivity contribution in [3.63, 3.8) is 0 Å². The van der Waals surface area contributed by atoms with Crippen molar-refractivity contribution in [3.8, 4) is 0 Å². The molecule has 1 aromatic rings. The van der Waals surface area contributed by atoms with Gasteiger partial charge in [-0.05, 0) is 30.7 Å². The van der Waals surface area contributed by atoms with Crippen LogP contribution in [-0.4, -0.2) is 18.9 Å². The lowest BCUT2D eigenvalue weighted by atomic mass is 10.1. The van der Waals surface area contributed by atoms with E-state index in [0.29, 0.717) is 18.5 Å². The van der Waals surface area contributed by atoms with Gasteiger partial charge in [0.1, 0.15) is 5.82 Å². The van der Waals surface area contributed by atoms with Gasteiger partial charge in [-0.15, -0.1) is 0 Å². The van der Waals surface area contributed by atoms with Crippen LogP contribution in [0.5, 0.6) is 0 Å². The van der Waals surface area contributed by atoms with Crippen molar-refractivity contribution in [3.05, 3.63) is 41.2 Å². The van der Waals surface area contributed by atoms with Crippen LogP contribution >= 0.6 is 0 Å². The SMILES string of the molecule is CCOC(=O)C=Cc1ccc(F)c(C=O)c1. The number of carbonyl (C=O) groups is 2. The topological polar surface area (TPSA) is 43.4 Å². The fourth-order valence-corrected chi connectivity index (χ4v) is 1.11. The summed E-state index contributed by atoms with van der Waals surface area (Å²) >= 11 is 0. The van der Waals surface area contributed by atoms with Crippen molar-refractivity contribution < 1.29 is 18.7 Å². The lowest BCUT2D eigenvalue weighted by Crippen LogP contribution is -1.98. The van der Waals surface area contributed by atoms with Gasteiger partial charge in [-0.3, -0.25) is 4.79 Å². The van der Waals surface area contributed by atoms with E-state index in [0.717, 1.165) is 0 Å². The molecule has 0 heterocycles. The molecule has 0 unspecified atom stereocenters. The number of halogens is 1. The molecule has 4 heteroatoms. The summed E-state index contributed by atoms with van der Waals surface area (Å²) in [5.41, 5.74) is 0.530. The molecule has 0 saturated heterocycles. The average Bonchev–Trinajstić information content (AvgIpc) is 2.28. The molecule has 84 valence electrons. The van der Waals surface area contributed by atoms with Crippen LogP contribution in [0.2, 0.25) is 0 Å². The third kappa shape index (κ3) is 3.31. The fraction of sp³-hybridized carbons (Fsp3) is 0.167. The minimum Gasteiger partial charge on any atom is -0.463 e. The van der Waals surface area contributed by atoms with Crippen LogP contribution in [0.4, 0.5) is 4.39 Å². The van der Waals surface area contributed by atoms with E-state index in [-0.39, 0.29) is 5.56 Å². The van der Waals surface area contributed by atoms with Gasteiger partial charge in [0.15, 0.2) is 6.29 Å². The van der Waals surface area contributed by atoms with Crippen LogP contribution in [0.25, 0.3) is 6.08 Å². The normalized spacial score (nSPS) is 10.4. The van der Waals surface area contributed by atoms with Gasteiger partial charge in [0.25, 0.3) is 0 Å². The Bertz CT molecular complexity index is 424. The molecule has 0 atom stereocenters. The van der Waals surface area contributed by atoms with E-state index in [9.17, 15) is 14.0 Å². The molecule has 0 bridgehead atoms. The van der Waals surface area contributed by atoms with E-state index in [4.69, 9.17) is 0 Å². The summed E-state index contributed by atoms with van der Waals surface area (Å²) in [5, 5.41) is 0. The van der Waals surface area contributed by atoms with E-state index in [1.807, 2.05) is 0 Å². The fourth-order valence-electron chi connectivity index (χ4n) is 1.11. The van der Waals surface area contributed by atoms with E-state index in [1.54, 1.807) is 6.92 Å². The van der Waals surface area contributed by atoms with Gasteiger partial charge in [-0.25, -0.2) is 9.18 Å². The van der Waals surface area contributed by atoms with Gasteiger partial charge in [0.2, 0.25) is 0 Å². The summed E-state index contributed by atoms with van der Waals surface area (Å²) in [6.07, 6.45) is 3.12. The van der Waals surface area contributed by atoms with Crippen molar-refractivity contribution in [1.29, 1.82) is 0 Å². The van der Waals surface area contributed by atoms with Gasteiger partial charge in [-0.1, -0.05) is 6.07 Å². The second kappa shape index (κ2) is 5.80. The number of rotatable bonds is 4. The Morgan fingerprint density at radius 3 is 2.88 bits per heavy atom. The van der Waals surface area contributed by atoms with Crippen LogP contribution in [0, 0.1) is 5.82 Å². The molecule has 0 aliphatic carbocycles.